The zero-order chi connectivity index (χ0) is 22.4. The minimum Gasteiger partial charge on any atom is -0.497 e. The molecule has 0 saturated carbocycles. The number of nitrogens with zero attached hydrogens (tertiary/aromatic N) is 2. The SMILES string of the molecule is COc1cc(OC)cc(C(=O)N2CCC(C(=O)NCCCN3C(=O)CCC3=O)CC2)c1. The van der Waals surface area contributed by atoms with E-state index in [2.05, 4.69) is 5.32 Å². The van der Waals surface area contributed by atoms with Crippen molar-refractivity contribution in [3.8, 4) is 11.5 Å². The van der Waals surface area contributed by atoms with Gasteiger partial charge in [-0.2, -0.15) is 0 Å². The molecule has 0 aliphatic carbocycles. The van der Waals surface area contributed by atoms with Gasteiger partial charge in [-0.1, -0.05) is 0 Å². The molecule has 168 valence electrons. The second-order valence-corrected chi connectivity index (χ2v) is 7.75. The van der Waals surface area contributed by atoms with Gasteiger partial charge in [0.2, 0.25) is 17.7 Å². The van der Waals surface area contributed by atoms with Gasteiger partial charge in [0, 0.05) is 56.6 Å². The Morgan fingerprint density at radius 2 is 1.58 bits per heavy atom. The van der Waals surface area contributed by atoms with E-state index in [0.29, 0.717) is 62.5 Å². The average molecular weight is 431 g/mol. The molecule has 1 aromatic rings. The fourth-order valence-electron chi connectivity index (χ4n) is 3.92. The van der Waals surface area contributed by atoms with Crippen molar-refractivity contribution in [1.29, 1.82) is 0 Å². The lowest BCUT2D eigenvalue weighted by Gasteiger charge is -2.31. The molecule has 0 atom stereocenters. The van der Waals surface area contributed by atoms with Crippen LogP contribution in [0.25, 0.3) is 0 Å². The summed E-state index contributed by atoms with van der Waals surface area (Å²) in [7, 11) is 3.07. The highest BCUT2D eigenvalue weighted by atomic mass is 16.5. The second kappa shape index (κ2) is 10.3. The third-order valence-corrected chi connectivity index (χ3v) is 5.76. The lowest BCUT2D eigenvalue weighted by Crippen LogP contribution is -2.43. The Kier molecular flexibility index (Phi) is 7.49. The zero-order valence-electron chi connectivity index (χ0n) is 18.0. The summed E-state index contributed by atoms with van der Waals surface area (Å²) in [4.78, 5) is 51.5. The van der Waals surface area contributed by atoms with Gasteiger partial charge in [0.05, 0.1) is 14.2 Å². The van der Waals surface area contributed by atoms with Gasteiger partial charge in [-0.25, -0.2) is 0 Å². The molecular weight excluding hydrogens is 402 g/mol. The third kappa shape index (κ3) is 5.53. The number of carbonyl (C=O) groups is 4. The van der Waals surface area contributed by atoms with E-state index in [4.69, 9.17) is 9.47 Å². The van der Waals surface area contributed by atoms with Crippen LogP contribution in [0.5, 0.6) is 11.5 Å². The van der Waals surface area contributed by atoms with Crippen LogP contribution in [0.4, 0.5) is 0 Å². The molecule has 1 N–H and O–H groups in total. The summed E-state index contributed by atoms with van der Waals surface area (Å²) in [5.74, 6) is 0.511. The number of likely N-dealkylation sites (tertiary alicyclic amines) is 2. The molecule has 2 heterocycles. The molecule has 1 aromatic carbocycles. The molecule has 2 fully saturated rings. The summed E-state index contributed by atoms with van der Waals surface area (Å²) in [5, 5.41) is 2.89. The van der Waals surface area contributed by atoms with E-state index in [1.54, 1.807) is 23.1 Å². The van der Waals surface area contributed by atoms with Crippen LogP contribution in [-0.2, 0) is 14.4 Å². The Labute approximate surface area is 181 Å². The number of hydrogen-bond acceptors (Lipinski definition) is 6. The number of rotatable bonds is 8. The van der Waals surface area contributed by atoms with Crippen molar-refractivity contribution in [3.05, 3.63) is 23.8 Å². The van der Waals surface area contributed by atoms with E-state index >= 15 is 0 Å². The van der Waals surface area contributed by atoms with Crippen molar-refractivity contribution < 1.29 is 28.7 Å². The molecule has 4 amide bonds. The van der Waals surface area contributed by atoms with E-state index < -0.39 is 0 Å². The van der Waals surface area contributed by atoms with Crippen LogP contribution in [0.1, 0.15) is 42.5 Å². The van der Waals surface area contributed by atoms with Gasteiger partial charge in [-0.05, 0) is 31.4 Å². The highest BCUT2D eigenvalue weighted by Crippen LogP contribution is 2.25. The normalized spacial score (nSPS) is 17.1. The van der Waals surface area contributed by atoms with Crippen molar-refractivity contribution in [2.24, 2.45) is 5.92 Å². The van der Waals surface area contributed by atoms with Crippen molar-refractivity contribution in [2.45, 2.75) is 32.1 Å². The summed E-state index contributed by atoms with van der Waals surface area (Å²) in [5.41, 5.74) is 0.491. The van der Waals surface area contributed by atoms with Crippen LogP contribution in [0, 0.1) is 5.92 Å². The quantitative estimate of drug-likeness (QED) is 0.490. The Balaban J connectivity index is 1.43. The number of benzene rings is 1. The van der Waals surface area contributed by atoms with Crippen LogP contribution >= 0.6 is 0 Å². The number of nitrogens with one attached hydrogen (secondary N) is 1. The maximum absolute atomic E-state index is 12.9. The number of amides is 4. The maximum atomic E-state index is 12.9. The molecule has 9 heteroatoms. The molecule has 2 aliphatic rings. The number of ether oxygens (including phenoxy) is 2. The molecule has 3 rings (SSSR count). The molecule has 2 saturated heterocycles. The minimum absolute atomic E-state index is 0.0470. The number of carbonyl (C=O) groups excluding carboxylic acids is 4. The van der Waals surface area contributed by atoms with Crippen molar-refractivity contribution in [1.82, 2.24) is 15.1 Å². The first-order valence-electron chi connectivity index (χ1n) is 10.6. The van der Waals surface area contributed by atoms with Crippen LogP contribution in [-0.4, -0.2) is 73.8 Å². The van der Waals surface area contributed by atoms with E-state index in [-0.39, 0.29) is 42.4 Å². The summed E-state index contributed by atoms with van der Waals surface area (Å²) in [6, 6.07) is 5.07. The summed E-state index contributed by atoms with van der Waals surface area (Å²) >= 11 is 0. The molecule has 31 heavy (non-hydrogen) atoms. The van der Waals surface area contributed by atoms with Gasteiger partial charge in [-0.15, -0.1) is 0 Å². The highest BCUT2D eigenvalue weighted by Gasteiger charge is 2.29. The summed E-state index contributed by atoms with van der Waals surface area (Å²) in [6.07, 6.45) is 2.28. The van der Waals surface area contributed by atoms with Gasteiger partial charge >= 0.3 is 0 Å². The number of hydrogen-bond donors (Lipinski definition) is 1. The minimum atomic E-state index is -0.154. The molecule has 2 aliphatic heterocycles. The first kappa shape index (κ1) is 22.6. The van der Waals surface area contributed by atoms with E-state index in [1.165, 1.54) is 19.1 Å². The predicted molar refractivity (Wildman–Crippen MR) is 112 cm³/mol. The smallest absolute Gasteiger partial charge is 0.254 e. The van der Waals surface area contributed by atoms with Crippen molar-refractivity contribution in [3.63, 3.8) is 0 Å². The highest BCUT2D eigenvalue weighted by molar-refractivity contribution is 6.01. The summed E-state index contributed by atoms with van der Waals surface area (Å²) in [6.45, 7) is 1.74. The molecule has 0 unspecified atom stereocenters. The largest absolute Gasteiger partial charge is 0.497 e. The van der Waals surface area contributed by atoms with E-state index in [9.17, 15) is 19.2 Å². The van der Waals surface area contributed by atoms with Crippen LogP contribution in [0.15, 0.2) is 18.2 Å². The fourth-order valence-corrected chi connectivity index (χ4v) is 3.92. The van der Waals surface area contributed by atoms with Gasteiger partial charge in [0.1, 0.15) is 11.5 Å². The Bertz CT molecular complexity index is 809. The van der Waals surface area contributed by atoms with Crippen LogP contribution in [0.2, 0.25) is 0 Å². The Morgan fingerprint density at radius 3 is 2.13 bits per heavy atom. The zero-order valence-corrected chi connectivity index (χ0v) is 18.0. The van der Waals surface area contributed by atoms with Gasteiger partial charge in [-0.3, -0.25) is 24.1 Å². The Morgan fingerprint density at radius 1 is 1.00 bits per heavy atom. The maximum Gasteiger partial charge on any atom is 0.254 e. The van der Waals surface area contributed by atoms with Gasteiger partial charge in [0.25, 0.3) is 5.91 Å². The number of piperidine rings is 1. The van der Waals surface area contributed by atoms with Crippen molar-refractivity contribution in [2.75, 3.05) is 40.4 Å². The molecule has 0 radical (unpaired) electrons. The number of methoxy groups -OCH3 is 2. The van der Waals surface area contributed by atoms with Crippen LogP contribution < -0.4 is 14.8 Å². The monoisotopic (exact) mass is 431 g/mol. The molecule has 9 nitrogen and oxygen atoms in total. The molecule has 0 aromatic heterocycles. The molecule has 0 spiro atoms. The predicted octanol–water partition coefficient (Wildman–Crippen LogP) is 1.21. The van der Waals surface area contributed by atoms with E-state index in [1.807, 2.05) is 0 Å². The van der Waals surface area contributed by atoms with Crippen LogP contribution in [0.3, 0.4) is 0 Å². The number of imide groups is 1. The topological polar surface area (TPSA) is 105 Å². The molecule has 0 bridgehead atoms. The first-order valence-corrected chi connectivity index (χ1v) is 10.6. The fraction of sp³-hybridized carbons (Fsp3) is 0.545. The van der Waals surface area contributed by atoms with Gasteiger partial charge < -0.3 is 19.7 Å². The lowest BCUT2D eigenvalue weighted by atomic mass is 9.95. The third-order valence-electron chi connectivity index (χ3n) is 5.76. The molecular formula is C22H29N3O6. The first-order chi connectivity index (χ1) is 14.9. The standard InChI is InChI=1S/C22H29N3O6/c1-30-17-12-16(13-18(14-17)31-2)22(29)24-10-6-15(7-11-24)21(28)23-8-3-9-25-19(26)4-5-20(25)27/h12-15H,3-11H2,1-2H3,(H,23,28). The van der Waals surface area contributed by atoms with Crippen molar-refractivity contribution >= 4 is 23.6 Å². The Hall–Kier alpha value is -3.10. The van der Waals surface area contributed by atoms with E-state index in [0.717, 1.165) is 0 Å². The average Bonchev–Trinajstić information content (AvgIpc) is 3.12. The van der Waals surface area contributed by atoms with Gasteiger partial charge in [0.15, 0.2) is 0 Å². The second-order valence-electron chi connectivity index (χ2n) is 7.75. The summed E-state index contributed by atoms with van der Waals surface area (Å²) < 4.78 is 10.5. The lowest BCUT2D eigenvalue weighted by molar-refractivity contribution is -0.138.